The normalized spacial score (nSPS) is 20.5. The number of rotatable bonds is 3. The zero-order valence-corrected chi connectivity index (χ0v) is 13.1. The third kappa shape index (κ3) is 2.44. The van der Waals surface area contributed by atoms with Crippen LogP contribution in [-0.4, -0.2) is 14.7 Å². The molecule has 6 heteroatoms. The molecule has 1 aromatic heterocycles. The second-order valence-corrected chi connectivity index (χ2v) is 6.23. The highest BCUT2D eigenvalue weighted by molar-refractivity contribution is 9.10. The predicted octanol–water partition coefficient (Wildman–Crippen LogP) is 2.64. The number of benzene rings is 1. The Labute approximate surface area is 129 Å². The number of H-pyrrole nitrogens is 1. The van der Waals surface area contributed by atoms with E-state index in [1.807, 2.05) is 13.0 Å². The quantitative estimate of drug-likeness (QED) is 0.893. The minimum Gasteiger partial charge on any atom is -0.494 e. The van der Waals surface area contributed by atoms with Crippen molar-refractivity contribution in [2.45, 2.75) is 25.8 Å². The van der Waals surface area contributed by atoms with Crippen LogP contribution in [-0.2, 0) is 0 Å². The second-order valence-electron chi connectivity index (χ2n) is 5.31. The summed E-state index contributed by atoms with van der Waals surface area (Å²) in [5, 5.41) is 10.4. The Morgan fingerprint density at radius 3 is 2.81 bits per heavy atom. The monoisotopic (exact) mass is 350 g/mol. The molecule has 0 radical (unpaired) electrons. The van der Waals surface area contributed by atoms with E-state index < -0.39 is 11.2 Å². The van der Waals surface area contributed by atoms with Gasteiger partial charge in [0.2, 0.25) is 5.88 Å². The number of aromatic hydroxyl groups is 1. The van der Waals surface area contributed by atoms with Gasteiger partial charge in [0.1, 0.15) is 5.56 Å². The van der Waals surface area contributed by atoms with Gasteiger partial charge in [0, 0.05) is 10.5 Å². The fourth-order valence-corrected chi connectivity index (χ4v) is 3.14. The number of hydrogen-bond donors (Lipinski definition) is 2. The fraction of sp³-hybridized carbons (Fsp3) is 0.333. The maximum atomic E-state index is 12.1. The number of aromatic nitrogens is 2. The largest absolute Gasteiger partial charge is 0.494 e. The molecule has 110 valence electrons. The summed E-state index contributed by atoms with van der Waals surface area (Å²) in [6.07, 6.45) is 1.80. The van der Waals surface area contributed by atoms with E-state index in [1.165, 1.54) is 4.57 Å². The molecule has 2 atom stereocenters. The van der Waals surface area contributed by atoms with E-state index in [9.17, 15) is 14.7 Å². The molecule has 3 rings (SSSR count). The van der Waals surface area contributed by atoms with Crippen molar-refractivity contribution in [3.8, 4) is 17.0 Å². The van der Waals surface area contributed by atoms with E-state index in [1.54, 1.807) is 18.2 Å². The molecule has 1 heterocycles. The van der Waals surface area contributed by atoms with E-state index in [4.69, 9.17) is 0 Å². The van der Waals surface area contributed by atoms with E-state index in [-0.39, 0.29) is 17.5 Å². The maximum absolute atomic E-state index is 12.1. The first-order valence-corrected chi connectivity index (χ1v) is 7.66. The van der Waals surface area contributed by atoms with Crippen LogP contribution in [0.3, 0.4) is 0 Å². The molecule has 0 spiro atoms. The lowest BCUT2D eigenvalue weighted by atomic mass is 10.1. The van der Waals surface area contributed by atoms with Crippen LogP contribution in [0.1, 0.15) is 25.8 Å². The highest BCUT2D eigenvalue weighted by Gasteiger charge is 2.40. The molecule has 1 aliphatic rings. The third-order valence-corrected chi connectivity index (χ3v) is 4.47. The van der Waals surface area contributed by atoms with Crippen molar-refractivity contribution in [2.75, 3.05) is 0 Å². The predicted molar refractivity (Wildman–Crippen MR) is 83.6 cm³/mol. The summed E-state index contributed by atoms with van der Waals surface area (Å²) in [7, 11) is 0. The molecule has 2 aromatic rings. The lowest BCUT2D eigenvalue weighted by Gasteiger charge is -2.11. The highest BCUT2D eigenvalue weighted by atomic mass is 79.9. The molecular formula is C15H15BrN2O3. The molecule has 0 bridgehead atoms. The van der Waals surface area contributed by atoms with Gasteiger partial charge < -0.3 is 5.11 Å². The van der Waals surface area contributed by atoms with Crippen molar-refractivity contribution < 1.29 is 5.11 Å². The molecule has 0 amide bonds. The standard InChI is InChI=1S/C15H15BrN2O3/c1-2-8-7-11(8)18-14(20)12(13(19)17-15(18)21)9-4-3-5-10(16)6-9/h3-6,8,11,20H,2,7H2,1H3,(H,17,19,21). The third-order valence-electron chi connectivity index (χ3n) is 3.97. The molecule has 0 saturated heterocycles. The van der Waals surface area contributed by atoms with Gasteiger partial charge in [-0.15, -0.1) is 0 Å². The molecule has 1 fully saturated rings. The van der Waals surface area contributed by atoms with Gasteiger partial charge in [0.15, 0.2) is 0 Å². The van der Waals surface area contributed by atoms with Crippen LogP contribution < -0.4 is 11.2 Å². The van der Waals surface area contributed by atoms with Gasteiger partial charge >= 0.3 is 5.69 Å². The van der Waals surface area contributed by atoms with Crippen LogP contribution >= 0.6 is 15.9 Å². The molecule has 2 N–H and O–H groups in total. The van der Waals surface area contributed by atoms with E-state index in [2.05, 4.69) is 20.9 Å². The SMILES string of the molecule is CCC1CC1n1c(O)c(-c2cccc(Br)c2)c(=O)[nH]c1=O. The van der Waals surface area contributed by atoms with Crippen molar-refractivity contribution in [1.29, 1.82) is 0 Å². The van der Waals surface area contributed by atoms with Gasteiger partial charge in [-0.3, -0.25) is 14.3 Å². The Balaban J connectivity index is 2.20. The first-order valence-electron chi connectivity index (χ1n) is 6.86. The van der Waals surface area contributed by atoms with Gasteiger partial charge in [0.05, 0.1) is 0 Å². The lowest BCUT2D eigenvalue weighted by Crippen LogP contribution is -2.30. The summed E-state index contributed by atoms with van der Waals surface area (Å²) in [4.78, 5) is 26.4. The van der Waals surface area contributed by atoms with Crippen LogP contribution in [0.2, 0.25) is 0 Å². The molecule has 5 nitrogen and oxygen atoms in total. The Morgan fingerprint density at radius 2 is 2.19 bits per heavy atom. The number of hydrogen-bond acceptors (Lipinski definition) is 3. The number of halogens is 1. The van der Waals surface area contributed by atoms with Crippen molar-refractivity contribution in [2.24, 2.45) is 5.92 Å². The van der Waals surface area contributed by atoms with Crippen LogP contribution in [0.4, 0.5) is 0 Å². The molecule has 1 aliphatic carbocycles. The summed E-state index contributed by atoms with van der Waals surface area (Å²) >= 11 is 3.34. The van der Waals surface area contributed by atoms with E-state index in [0.29, 0.717) is 11.5 Å². The highest BCUT2D eigenvalue weighted by Crippen LogP contribution is 2.46. The van der Waals surface area contributed by atoms with Crippen molar-refractivity contribution in [3.05, 3.63) is 49.6 Å². The van der Waals surface area contributed by atoms with Crippen LogP contribution in [0.5, 0.6) is 5.88 Å². The summed E-state index contributed by atoms with van der Waals surface area (Å²) in [5.41, 5.74) is -0.402. The summed E-state index contributed by atoms with van der Waals surface area (Å²) < 4.78 is 2.11. The first-order chi connectivity index (χ1) is 10.0. The maximum Gasteiger partial charge on any atom is 0.331 e. The second kappa shape index (κ2) is 5.18. The van der Waals surface area contributed by atoms with Crippen LogP contribution in [0.15, 0.2) is 38.3 Å². The van der Waals surface area contributed by atoms with Crippen molar-refractivity contribution in [1.82, 2.24) is 9.55 Å². The van der Waals surface area contributed by atoms with Gasteiger partial charge in [0.25, 0.3) is 5.56 Å². The first kappa shape index (κ1) is 14.1. The summed E-state index contributed by atoms with van der Waals surface area (Å²) in [6.45, 7) is 2.05. The van der Waals surface area contributed by atoms with Gasteiger partial charge in [-0.05, 0) is 30.0 Å². The summed E-state index contributed by atoms with van der Waals surface area (Å²) in [5.74, 6) is 0.137. The molecule has 0 aliphatic heterocycles. The Kier molecular flexibility index (Phi) is 3.49. The average molecular weight is 351 g/mol. The number of aromatic amines is 1. The van der Waals surface area contributed by atoms with Crippen molar-refractivity contribution in [3.63, 3.8) is 0 Å². The number of nitrogens with one attached hydrogen (secondary N) is 1. The summed E-state index contributed by atoms with van der Waals surface area (Å²) in [6, 6.07) is 7.06. The van der Waals surface area contributed by atoms with Crippen LogP contribution in [0, 0.1) is 5.92 Å². The average Bonchev–Trinajstić information content (AvgIpc) is 3.17. The zero-order valence-electron chi connectivity index (χ0n) is 11.5. The zero-order chi connectivity index (χ0) is 15.1. The molecular weight excluding hydrogens is 336 g/mol. The molecule has 1 aromatic carbocycles. The van der Waals surface area contributed by atoms with E-state index >= 15 is 0 Å². The molecule has 1 saturated carbocycles. The van der Waals surface area contributed by atoms with Crippen molar-refractivity contribution >= 4 is 15.9 Å². The topological polar surface area (TPSA) is 75.1 Å². The lowest BCUT2D eigenvalue weighted by molar-refractivity contribution is 0.398. The Morgan fingerprint density at radius 1 is 1.43 bits per heavy atom. The Hall–Kier alpha value is -1.82. The fourth-order valence-electron chi connectivity index (χ4n) is 2.74. The minimum absolute atomic E-state index is 0.0229. The van der Waals surface area contributed by atoms with Gasteiger partial charge in [-0.1, -0.05) is 41.4 Å². The smallest absolute Gasteiger partial charge is 0.331 e. The number of nitrogens with zero attached hydrogens (tertiary/aromatic N) is 1. The molecule has 2 unspecified atom stereocenters. The Bertz CT molecular complexity index is 809. The van der Waals surface area contributed by atoms with E-state index in [0.717, 1.165) is 17.3 Å². The minimum atomic E-state index is -0.569. The van der Waals surface area contributed by atoms with Crippen LogP contribution in [0.25, 0.3) is 11.1 Å². The van der Waals surface area contributed by atoms with Gasteiger partial charge in [-0.2, -0.15) is 0 Å². The molecule has 21 heavy (non-hydrogen) atoms. The van der Waals surface area contributed by atoms with Gasteiger partial charge in [-0.25, -0.2) is 4.79 Å².